The number of rotatable bonds is 7. The second-order valence-electron chi connectivity index (χ2n) is 11.0. The lowest BCUT2D eigenvalue weighted by molar-refractivity contribution is -0.151. The zero-order valence-corrected chi connectivity index (χ0v) is 20.6. The quantitative estimate of drug-likeness (QED) is 0.345. The predicted octanol–water partition coefficient (Wildman–Crippen LogP) is 4.36. The normalized spacial score (nSPS) is 36.6. The summed E-state index contributed by atoms with van der Waals surface area (Å²) in [6.07, 6.45) is 12.3. The van der Waals surface area contributed by atoms with Crippen molar-refractivity contribution in [2.45, 2.75) is 69.1 Å². The Bertz CT molecular complexity index is 944. The summed E-state index contributed by atoms with van der Waals surface area (Å²) in [5.41, 5.74) is 0. The molecule has 1 atom stereocenters. The molecule has 1 aromatic heterocycles. The number of esters is 1. The number of nitrogens with one attached hydrogen (secondary N) is 1. The van der Waals surface area contributed by atoms with Gasteiger partial charge in [0.2, 0.25) is 5.95 Å². The molecule has 0 spiro atoms. The van der Waals surface area contributed by atoms with Crippen LogP contribution >= 0.6 is 11.9 Å². The van der Waals surface area contributed by atoms with E-state index in [2.05, 4.69) is 37.9 Å². The molecule has 4 saturated carbocycles. The standard InChI is InChI=1S/C24H34N6O3S/c1-15-8-21(27-23-25-14-26-30(15)23)29-5-2-18(3-6-29)22(31)33-7-4-24(34-28-32)19-10-16-9-17(12-19)13-20(24)11-16/h8,14-20H,2-7,9-13H2,1H3,(H,25,26,27). The first kappa shape index (κ1) is 22.4. The van der Waals surface area contributed by atoms with Gasteiger partial charge in [-0.25, -0.2) is 4.68 Å². The monoisotopic (exact) mass is 486 g/mol. The number of likely N-dealkylation sites (tertiary alicyclic amines) is 1. The maximum Gasteiger partial charge on any atom is 0.309 e. The van der Waals surface area contributed by atoms with Crippen LogP contribution in [0.3, 0.4) is 0 Å². The number of piperidine rings is 1. The van der Waals surface area contributed by atoms with Crippen LogP contribution in [0.5, 0.6) is 0 Å². The van der Waals surface area contributed by atoms with Gasteiger partial charge in [-0.3, -0.25) is 4.79 Å². The highest BCUT2D eigenvalue weighted by atomic mass is 32.2. The van der Waals surface area contributed by atoms with E-state index in [4.69, 9.17) is 4.74 Å². The summed E-state index contributed by atoms with van der Waals surface area (Å²) in [4.78, 5) is 30.8. The molecule has 1 unspecified atom stereocenters. The van der Waals surface area contributed by atoms with Crippen molar-refractivity contribution in [3.8, 4) is 0 Å². The number of carbonyl (C=O) groups is 1. The first-order valence-electron chi connectivity index (χ1n) is 12.9. The number of aromatic nitrogens is 3. The molecule has 6 aliphatic rings. The number of hydrogen-bond donors (Lipinski definition) is 1. The Balaban J connectivity index is 1.01. The van der Waals surface area contributed by atoms with Gasteiger partial charge in [0.15, 0.2) is 0 Å². The van der Waals surface area contributed by atoms with Crippen LogP contribution in [0.1, 0.15) is 64.3 Å². The van der Waals surface area contributed by atoms with Crippen molar-refractivity contribution < 1.29 is 9.53 Å². The van der Waals surface area contributed by atoms with Gasteiger partial charge in [-0.05, 0) is 88.0 Å². The fourth-order valence-corrected chi connectivity index (χ4v) is 8.71. The van der Waals surface area contributed by atoms with Crippen molar-refractivity contribution in [1.82, 2.24) is 19.7 Å². The third kappa shape index (κ3) is 3.82. The van der Waals surface area contributed by atoms with Crippen LogP contribution in [0.4, 0.5) is 5.95 Å². The Morgan fingerprint density at radius 1 is 1.21 bits per heavy atom. The van der Waals surface area contributed by atoms with E-state index in [1.807, 2.05) is 4.68 Å². The van der Waals surface area contributed by atoms with E-state index in [-0.39, 0.29) is 22.7 Å². The average Bonchev–Trinajstić information content (AvgIpc) is 3.31. The van der Waals surface area contributed by atoms with Crippen LogP contribution in [0.15, 0.2) is 22.8 Å². The third-order valence-electron chi connectivity index (χ3n) is 9.23. The first-order chi connectivity index (χ1) is 16.6. The summed E-state index contributed by atoms with van der Waals surface area (Å²) in [7, 11) is 0. The topological polar surface area (TPSA) is 102 Å². The lowest BCUT2D eigenvalue weighted by Gasteiger charge is -2.59. The molecule has 184 valence electrons. The van der Waals surface area contributed by atoms with E-state index >= 15 is 0 Å². The minimum absolute atomic E-state index is 0.0622. The molecule has 1 N–H and O–H groups in total. The van der Waals surface area contributed by atoms with Crippen molar-refractivity contribution in [3.05, 3.63) is 23.1 Å². The summed E-state index contributed by atoms with van der Waals surface area (Å²) >= 11 is 1.26. The molecule has 3 heterocycles. The minimum Gasteiger partial charge on any atom is -0.465 e. The Morgan fingerprint density at radius 2 is 1.91 bits per heavy atom. The highest BCUT2D eigenvalue weighted by Crippen LogP contribution is 2.64. The molecule has 4 aliphatic carbocycles. The van der Waals surface area contributed by atoms with E-state index in [0.29, 0.717) is 18.4 Å². The van der Waals surface area contributed by atoms with Crippen molar-refractivity contribution >= 4 is 23.9 Å². The van der Waals surface area contributed by atoms with E-state index in [1.54, 1.807) is 6.33 Å². The number of nitroso groups, excluding NO2 is 1. The van der Waals surface area contributed by atoms with Gasteiger partial charge in [-0.1, -0.05) is 0 Å². The summed E-state index contributed by atoms with van der Waals surface area (Å²) in [6, 6.07) is 0.146. The van der Waals surface area contributed by atoms with Gasteiger partial charge < -0.3 is 15.0 Å². The van der Waals surface area contributed by atoms with Crippen LogP contribution in [-0.4, -0.2) is 50.1 Å². The fraction of sp³-hybridized carbons (Fsp3) is 0.792. The van der Waals surface area contributed by atoms with Gasteiger partial charge in [0, 0.05) is 29.6 Å². The SMILES string of the molecule is CC1C=C(N2CCC(C(=O)OCCC3(SN=O)C4CC5CC(C4)CC3C5)CC2)Nc2ncnn21. The zero-order chi connectivity index (χ0) is 23.3. The van der Waals surface area contributed by atoms with Crippen molar-refractivity contribution in [2.75, 3.05) is 25.0 Å². The number of fused-ring (bicyclic) bond motifs is 1. The maximum atomic E-state index is 12.9. The molecule has 4 bridgehead atoms. The van der Waals surface area contributed by atoms with Gasteiger partial charge in [-0.2, -0.15) is 10.1 Å². The average molecular weight is 487 g/mol. The maximum absolute atomic E-state index is 12.9. The van der Waals surface area contributed by atoms with Gasteiger partial charge in [0.05, 0.1) is 23.3 Å². The molecule has 1 aromatic rings. The van der Waals surface area contributed by atoms with Crippen LogP contribution in [0.2, 0.25) is 0 Å². The number of allylic oxidation sites excluding steroid dienone is 1. The summed E-state index contributed by atoms with van der Waals surface area (Å²) in [5.74, 6) is 4.44. The number of anilines is 1. The molecular weight excluding hydrogens is 452 g/mol. The van der Waals surface area contributed by atoms with Crippen LogP contribution in [0.25, 0.3) is 0 Å². The molecule has 10 heteroatoms. The van der Waals surface area contributed by atoms with Gasteiger partial charge in [0.25, 0.3) is 0 Å². The third-order valence-corrected chi connectivity index (χ3v) is 10.5. The first-order valence-corrected chi connectivity index (χ1v) is 13.6. The van der Waals surface area contributed by atoms with Crippen LogP contribution in [0, 0.1) is 34.5 Å². The van der Waals surface area contributed by atoms with Crippen molar-refractivity contribution in [2.24, 2.45) is 34.2 Å². The number of ether oxygens (including phenoxy) is 1. The molecule has 0 amide bonds. The van der Waals surface area contributed by atoms with Gasteiger partial charge in [-0.15, -0.1) is 4.91 Å². The van der Waals surface area contributed by atoms with E-state index in [0.717, 1.165) is 56.0 Å². The van der Waals surface area contributed by atoms with Gasteiger partial charge in [0.1, 0.15) is 12.1 Å². The molecule has 5 fully saturated rings. The van der Waals surface area contributed by atoms with Gasteiger partial charge >= 0.3 is 5.97 Å². The lowest BCUT2D eigenvalue weighted by atomic mass is 9.51. The number of carbonyl (C=O) groups excluding carboxylic acids is 1. The summed E-state index contributed by atoms with van der Waals surface area (Å²) in [5, 5.41) is 7.61. The van der Waals surface area contributed by atoms with E-state index in [1.165, 1.54) is 44.1 Å². The second-order valence-corrected chi connectivity index (χ2v) is 12.1. The Morgan fingerprint density at radius 3 is 2.59 bits per heavy atom. The minimum atomic E-state index is -0.116. The fourth-order valence-electron chi connectivity index (χ4n) is 7.72. The second kappa shape index (κ2) is 8.84. The summed E-state index contributed by atoms with van der Waals surface area (Å²) in [6.45, 7) is 4.12. The zero-order valence-electron chi connectivity index (χ0n) is 19.8. The van der Waals surface area contributed by atoms with Crippen LogP contribution < -0.4 is 5.32 Å². The van der Waals surface area contributed by atoms with Crippen LogP contribution in [-0.2, 0) is 9.53 Å². The van der Waals surface area contributed by atoms with E-state index < -0.39 is 0 Å². The highest BCUT2D eigenvalue weighted by molar-refractivity contribution is 7.99. The highest BCUT2D eigenvalue weighted by Gasteiger charge is 2.58. The lowest BCUT2D eigenvalue weighted by Crippen LogP contribution is -2.56. The Hall–Kier alpha value is -2.10. The molecule has 34 heavy (non-hydrogen) atoms. The molecule has 7 rings (SSSR count). The van der Waals surface area contributed by atoms with E-state index in [9.17, 15) is 9.70 Å². The predicted molar refractivity (Wildman–Crippen MR) is 129 cm³/mol. The molecular formula is C24H34N6O3S. The van der Waals surface area contributed by atoms with Crippen molar-refractivity contribution in [3.63, 3.8) is 0 Å². The largest absolute Gasteiger partial charge is 0.465 e. The smallest absolute Gasteiger partial charge is 0.309 e. The number of hydrogen-bond acceptors (Lipinski definition) is 9. The molecule has 1 saturated heterocycles. The Kier molecular flexibility index (Phi) is 5.82. The van der Waals surface area contributed by atoms with Crippen molar-refractivity contribution in [1.29, 1.82) is 0 Å². The number of nitrogens with zero attached hydrogens (tertiary/aromatic N) is 5. The Labute approximate surface area is 204 Å². The molecule has 0 radical (unpaired) electrons. The molecule has 9 nitrogen and oxygen atoms in total. The molecule has 0 aromatic carbocycles. The molecule has 2 aliphatic heterocycles. The summed E-state index contributed by atoms with van der Waals surface area (Å²) < 4.78 is 10.9.